The van der Waals surface area contributed by atoms with Crippen LogP contribution < -0.4 is 0 Å². The molecule has 1 N–H and O–H groups in total. The molecule has 142 valence electrons. The second-order valence-corrected chi connectivity index (χ2v) is 6.98. The lowest BCUT2D eigenvalue weighted by Gasteiger charge is -2.21. The van der Waals surface area contributed by atoms with Crippen molar-refractivity contribution in [2.24, 2.45) is 10.6 Å². The number of ether oxygens (including phenoxy) is 2. The van der Waals surface area contributed by atoms with Gasteiger partial charge in [-0.15, -0.1) is 0 Å². The van der Waals surface area contributed by atoms with E-state index in [-0.39, 0.29) is 5.90 Å². The zero-order valence-corrected chi connectivity index (χ0v) is 16.1. The van der Waals surface area contributed by atoms with Crippen molar-refractivity contribution in [1.82, 2.24) is 0 Å². The van der Waals surface area contributed by atoms with Crippen LogP contribution in [0.15, 0.2) is 5.16 Å². The van der Waals surface area contributed by atoms with Gasteiger partial charge in [0.1, 0.15) is 0 Å². The summed E-state index contributed by atoms with van der Waals surface area (Å²) in [6.07, 6.45) is 11.4. The zero-order valence-electron chi connectivity index (χ0n) is 16.1. The van der Waals surface area contributed by atoms with Gasteiger partial charge < -0.3 is 14.7 Å². The Morgan fingerprint density at radius 2 is 1.50 bits per heavy atom. The van der Waals surface area contributed by atoms with Crippen molar-refractivity contribution < 1.29 is 19.5 Å². The minimum Gasteiger partial charge on any atom is -0.408 e. The summed E-state index contributed by atoms with van der Waals surface area (Å²) in [4.78, 5) is 12.1. The van der Waals surface area contributed by atoms with Crippen molar-refractivity contribution >= 4 is 11.9 Å². The molecule has 0 aromatic rings. The average molecular weight is 344 g/mol. The molecule has 0 atom stereocenters. The molecule has 0 spiro atoms. The molecule has 0 aliphatic carbocycles. The van der Waals surface area contributed by atoms with Gasteiger partial charge >= 0.3 is 5.97 Å². The van der Waals surface area contributed by atoms with Gasteiger partial charge in [0, 0.05) is 13.0 Å². The first-order chi connectivity index (χ1) is 11.5. The van der Waals surface area contributed by atoms with Gasteiger partial charge in [0.15, 0.2) is 0 Å². The van der Waals surface area contributed by atoms with Gasteiger partial charge in [0.25, 0.3) is 0 Å². The molecule has 0 rings (SSSR count). The van der Waals surface area contributed by atoms with E-state index in [1.807, 2.05) is 6.92 Å². The van der Waals surface area contributed by atoms with Crippen LogP contribution in [0.4, 0.5) is 0 Å². The van der Waals surface area contributed by atoms with E-state index >= 15 is 0 Å². The van der Waals surface area contributed by atoms with Gasteiger partial charge in [-0.25, -0.2) is 0 Å². The Balaban J connectivity index is 3.86. The second kappa shape index (κ2) is 14.3. The summed E-state index contributed by atoms with van der Waals surface area (Å²) in [5.74, 6) is -0.313. The van der Waals surface area contributed by atoms with E-state index in [2.05, 4.69) is 12.1 Å². The first-order valence-electron chi connectivity index (χ1n) is 9.48. The van der Waals surface area contributed by atoms with Crippen LogP contribution in [0.3, 0.4) is 0 Å². The quantitative estimate of drug-likeness (QED) is 0.116. The summed E-state index contributed by atoms with van der Waals surface area (Å²) >= 11 is 0. The first kappa shape index (κ1) is 22.9. The van der Waals surface area contributed by atoms with E-state index in [9.17, 15) is 4.79 Å². The maximum absolute atomic E-state index is 12.1. The van der Waals surface area contributed by atoms with E-state index < -0.39 is 11.4 Å². The molecule has 0 amide bonds. The maximum Gasteiger partial charge on any atom is 0.320 e. The molecule has 0 saturated carbocycles. The van der Waals surface area contributed by atoms with Crippen LogP contribution in [0.1, 0.15) is 91.9 Å². The third kappa shape index (κ3) is 11.4. The Hall–Kier alpha value is -1.10. The van der Waals surface area contributed by atoms with Crippen LogP contribution in [0.2, 0.25) is 0 Å². The standard InChI is InChI=1S/C19H37NO4/c1-5-7-8-9-10-11-12-13-14-15-17(20-22)24-18(21)19(3,4)16-23-6-2/h22H,5-16H2,1-4H3. The highest BCUT2D eigenvalue weighted by atomic mass is 16.6. The topological polar surface area (TPSA) is 68.1 Å². The third-order valence-electron chi connectivity index (χ3n) is 4.04. The normalized spacial score (nSPS) is 12.4. The smallest absolute Gasteiger partial charge is 0.320 e. The van der Waals surface area contributed by atoms with Gasteiger partial charge in [-0.3, -0.25) is 4.79 Å². The third-order valence-corrected chi connectivity index (χ3v) is 4.04. The van der Waals surface area contributed by atoms with Crippen LogP contribution in [0.25, 0.3) is 0 Å². The molecule has 0 aliphatic rings. The predicted molar refractivity (Wildman–Crippen MR) is 97.4 cm³/mol. The van der Waals surface area contributed by atoms with E-state index in [0.29, 0.717) is 19.6 Å². The van der Waals surface area contributed by atoms with Crippen molar-refractivity contribution in [3.05, 3.63) is 0 Å². The molecule has 0 fully saturated rings. The molecule has 0 aromatic heterocycles. The Labute approximate surface area is 147 Å². The van der Waals surface area contributed by atoms with Crippen molar-refractivity contribution in [1.29, 1.82) is 0 Å². The number of carbonyl (C=O) groups is 1. The van der Waals surface area contributed by atoms with Crippen molar-refractivity contribution in [3.8, 4) is 0 Å². The number of hydrogen-bond donors (Lipinski definition) is 1. The summed E-state index contributed by atoms with van der Waals surface area (Å²) < 4.78 is 10.5. The number of rotatable bonds is 14. The summed E-state index contributed by atoms with van der Waals surface area (Å²) in [6.45, 7) is 8.48. The summed E-state index contributed by atoms with van der Waals surface area (Å²) in [5.41, 5.74) is -0.746. The monoisotopic (exact) mass is 343 g/mol. The van der Waals surface area contributed by atoms with Gasteiger partial charge in [-0.1, -0.05) is 63.4 Å². The second-order valence-electron chi connectivity index (χ2n) is 6.98. The fourth-order valence-corrected chi connectivity index (χ4v) is 2.37. The lowest BCUT2D eigenvalue weighted by Crippen LogP contribution is -2.33. The average Bonchev–Trinajstić information content (AvgIpc) is 2.57. The molecular formula is C19H37NO4. The van der Waals surface area contributed by atoms with Crippen LogP contribution in [-0.2, 0) is 14.3 Å². The minimum atomic E-state index is -0.746. The van der Waals surface area contributed by atoms with Gasteiger partial charge in [-0.2, -0.15) is 0 Å². The lowest BCUT2D eigenvalue weighted by atomic mass is 9.95. The van der Waals surface area contributed by atoms with Crippen molar-refractivity contribution in [2.45, 2.75) is 91.9 Å². The molecule has 0 bridgehead atoms. The number of carbonyl (C=O) groups excluding carboxylic acids is 1. The molecular weight excluding hydrogens is 306 g/mol. The maximum atomic E-state index is 12.1. The number of nitrogens with zero attached hydrogens (tertiary/aromatic N) is 1. The number of oxime groups is 1. The predicted octanol–water partition coefficient (Wildman–Crippen LogP) is 5.30. The molecule has 5 nitrogen and oxygen atoms in total. The highest BCUT2D eigenvalue weighted by Crippen LogP contribution is 2.19. The molecule has 24 heavy (non-hydrogen) atoms. The SMILES string of the molecule is CCCCCCCCCCCC(=NO)OC(=O)C(C)(C)COCC. The number of hydrogen-bond acceptors (Lipinski definition) is 5. The zero-order chi connectivity index (χ0) is 18.3. The van der Waals surface area contributed by atoms with Gasteiger partial charge in [0.05, 0.1) is 12.0 Å². The van der Waals surface area contributed by atoms with Crippen LogP contribution in [-0.4, -0.2) is 30.3 Å². The van der Waals surface area contributed by atoms with Crippen molar-refractivity contribution in [3.63, 3.8) is 0 Å². The molecule has 0 aromatic carbocycles. The lowest BCUT2D eigenvalue weighted by molar-refractivity contribution is -0.148. The molecule has 0 aliphatic heterocycles. The number of esters is 1. The van der Waals surface area contributed by atoms with Crippen LogP contribution in [0.5, 0.6) is 0 Å². The van der Waals surface area contributed by atoms with E-state index in [1.54, 1.807) is 13.8 Å². The molecule has 0 heterocycles. The Kier molecular flexibility index (Phi) is 13.6. The summed E-state index contributed by atoms with van der Waals surface area (Å²) in [5, 5.41) is 12.1. The van der Waals surface area contributed by atoms with Crippen LogP contribution >= 0.6 is 0 Å². The molecule has 5 heteroatoms. The molecule has 0 unspecified atom stereocenters. The fraction of sp³-hybridized carbons (Fsp3) is 0.895. The Morgan fingerprint density at radius 3 is 2.00 bits per heavy atom. The first-order valence-corrected chi connectivity index (χ1v) is 9.48. The minimum absolute atomic E-state index is 0.104. The van der Waals surface area contributed by atoms with Gasteiger partial charge in [-0.05, 0) is 27.2 Å². The van der Waals surface area contributed by atoms with E-state index in [0.717, 1.165) is 12.8 Å². The highest BCUT2D eigenvalue weighted by molar-refractivity contribution is 5.90. The highest BCUT2D eigenvalue weighted by Gasteiger charge is 2.31. The Bertz CT molecular complexity index is 353. The van der Waals surface area contributed by atoms with Gasteiger partial charge in [0.2, 0.25) is 5.90 Å². The fourth-order valence-electron chi connectivity index (χ4n) is 2.37. The Morgan fingerprint density at radius 1 is 0.958 bits per heavy atom. The summed E-state index contributed by atoms with van der Waals surface area (Å²) in [6, 6.07) is 0. The summed E-state index contributed by atoms with van der Waals surface area (Å²) in [7, 11) is 0. The largest absolute Gasteiger partial charge is 0.408 e. The van der Waals surface area contributed by atoms with E-state index in [4.69, 9.17) is 14.7 Å². The van der Waals surface area contributed by atoms with E-state index in [1.165, 1.54) is 44.9 Å². The molecule has 0 radical (unpaired) electrons. The van der Waals surface area contributed by atoms with Crippen molar-refractivity contribution in [2.75, 3.05) is 13.2 Å². The number of unbranched alkanes of at least 4 members (excludes halogenated alkanes) is 8. The molecule has 0 saturated heterocycles. The van der Waals surface area contributed by atoms with Crippen LogP contribution in [0, 0.1) is 5.41 Å².